The lowest BCUT2D eigenvalue weighted by atomic mass is 10.0. The van der Waals surface area contributed by atoms with Crippen molar-refractivity contribution in [1.29, 1.82) is 0 Å². The molecule has 222 valence electrons. The molecule has 42 heavy (non-hydrogen) atoms. The number of nitrogens with two attached hydrogens (primary N) is 1. The molecule has 1 aliphatic heterocycles. The lowest BCUT2D eigenvalue weighted by Gasteiger charge is -2.27. The van der Waals surface area contributed by atoms with E-state index in [9.17, 15) is 22.8 Å². The maximum Gasteiger partial charge on any atom is 0.417 e. The highest BCUT2D eigenvalue weighted by Crippen LogP contribution is 2.36. The fraction of sp³-hybridized carbons (Fsp3) is 0.267. The van der Waals surface area contributed by atoms with Crippen LogP contribution in [0.2, 0.25) is 5.02 Å². The molecule has 7 nitrogen and oxygen atoms in total. The predicted octanol–water partition coefficient (Wildman–Crippen LogP) is 5.91. The third-order valence-corrected chi connectivity index (χ3v) is 7.86. The van der Waals surface area contributed by atoms with Crippen LogP contribution in [0, 0.1) is 0 Å². The van der Waals surface area contributed by atoms with Crippen LogP contribution in [0.5, 0.6) is 0 Å². The predicted molar refractivity (Wildman–Crippen MR) is 165 cm³/mol. The summed E-state index contributed by atoms with van der Waals surface area (Å²) in [5.41, 5.74) is 7.41. The molecule has 1 heterocycles. The number of nitrogens with zero attached hydrogens (tertiary/aromatic N) is 1. The number of nitrogens with one attached hydrogen (secondary N) is 3. The largest absolute Gasteiger partial charge is 0.417 e. The van der Waals surface area contributed by atoms with Crippen LogP contribution in [-0.4, -0.2) is 54.4 Å². The molecule has 0 radical (unpaired) electrons. The van der Waals surface area contributed by atoms with Gasteiger partial charge in [-0.1, -0.05) is 48.0 Å². The Hall–Kier alpha value is -3.51. The smallest absolute Gasteiger partial charge is 0.397 e. The van der Waals surface area contributed by atoms with Crippen molar-refractivity contribution in [3.8, 4) is 0 Å². The molecular formula is C30H31ClF3N5O2S. The number of benzene rings is 3. The summed E-state index contributed by atoms with van der Waals surface area (Å²) in [6.45, 7) is 3.22. The third kappa shape index (κ3) is 8.99. The maximum atomic E-state index is 13.4. The average molecular weight is 618 g/mol. The van der Waals surface area contributed by atoms with Crippen molar-refractivity contribution in [2.75, 3.05) is 54.1 Å². The van der Waals surface area contributed by atoms with Gasteiger partial charge >= 0.3 is 6.18 Å². The van der Waals surface area contributed by atoms with E-state index in [0.29, 0.717) is 23.5 Å². The number of carbonyl (C=O) groups is 2. The van der Waals surface area contributed by atoms with Crippen LogP contribution < -0.4 is 21.7 Å². The minimum atomic E-state index is -4.59. The first-order valence-corrected chi connectivity index (χ1v) is 14.8. The Kier molecular flexibility index (Phi) is 10.9. The Morgan fingerprint density at radius 2 is 1.74 bits per heavy atom. The number of amides is 2. The monoisotopic (exact) mass is 617 g/mol. The normalized spacial score (nSPS) is 15.0. The topological polar surface area (TPSA) is 99.5 Å². The molecule has 12 heteroatoms. The van der Waals surface area contributed by atoms with Crippen LogP contribution in [0.4, 0.5) is 30.2 Å². The average Bonchev–Trinajstić information content (AvgIpc) is 2.96. The number of rotatable bonds is 10. The quantitative estimate of drug-likeness (QED) is 0.167. The molecule has 1 unspecified atom stereocenters. The molecular weight excluding hydrogens is 587 g/mol. The summed E-state index contributed by atoms with van der Waals surface area (Å²) in [6, 6.07) is 16.3. The molecule has 0 aliphatic carbocycles. The number of nitrogen functional groups attached to an aromatic ring is 1. The zero-order chi connectivity index (χ0) is 30.1. The van der Waals surface area contributed by atoms with Gasteiger partial charge in [0.15, 0.2) is 0 Å². The van der Waals surface area contributed by atoms with Gasteiger partial charge in [0, 0.05) is 49.4 Å². The van der Waals surface area contributed by atoms with Gasteiger partial charge < -0.3 is 26.6 Å². The zero-order valence-corrected chi connectivity index (χ0v) is 24.2. The first-order valence-electron chi connectivity index (χ1n) is 13.2. The third-order valence-electron chi connectivity index (χ3n) is 6.60. The Morgan fingerprint density at radius 1 is 1.02 bits per heavy atom. The summed E-state index contributed by atoms with van der Waals surface area (Å²) in [5, 5.41) is 8.20. The molecule has 1 saturated heterocycles. The summed E-state index contributed by atoms with van der Waals surface area (Å²) < 4.78 is 39.3. The molecule has 1 aliphatic rings. The maximum absolute atomic E-state index is 13.4. The SMILES string of the molecule is Nc1ccccc1NC(=O)/C=C/c1ccc(C(NCCN2CCSCC2)C(=O)Nc2ccc(C(F)(F)F)c(Cl)c2)cc1. The summed E-state index contributed by atoms with van der Waals surface area (Å²) in [5.74, 6) is 1.33. The minimum absolute atomic E-state index is 0.155. The van der Waals surface area contributed by atoms with Gasteiger partial charge in [0.2, 0.25) is 11.8 Å². The van der Waals surface area contributed by atoms with Crippen LogP contribution in [-0.2, 0) is 15.8 Å². The fourth-order valence-corrected chi connectivity index (χ4v) is 5.61. The van der Waals surface area contributed by atoms with E-state index in [1.165, 1.54) is 12.1 Å². The van der Waals surface area contributed by atoms with E-state index >= 15 is 0 Å². The standard InChI is InChI=1S/C30H31ClF3N5O2S/c31-24-19-22(10-11-23(24)30(32,33)34)37-29(41)28(36-13-14-39-15-17-42-18-16-39)21-8-5-20(6-9-21)7-12-27(40)38-26-4-2-1-3-25(26)35/h1-12,19,28,36H,13-18,35H2,(H,37,41)(H,38,40)/b12-7+. The van der Waals surface area contributed by atoms with Crippen molar-refractivity contribution in [1.82, 2.24) is 10.2 Å². The lowest BCUT2D eigenvalue weighted by Crippen LogP contribution is -2.41. The van der Waals surface area contributed by atoms with Gasteiger partial charge in [0.05, 0.1) is 22.0 Å². The molecule has 3 aromatic rings. The molecule has 0 spiro atoms. The Morgan fingerprint density at radius 3 is 2.40 bits per heavy atom. The van der Waals surface area contributed by atoms with Gasteiger partial charge in [-0.05, 0) is 47.5 Å². The molecule has 5 N–H and O–H groups in total. The highest BCUT2D eigenvalue weighted by molar-refractivity contribution is 7.99. The Balaban J connectivity index is 1.45. The second-order valence-corrected chi connectivity index (χ2v) is 11.2. The number of para-hydroxylation sites is 2. The van der Waals surface area contributed by atoms with Crippen LogP contribution in [0.3, 0.4) is 0 Å². The lowest BCUT2D eigenvalue weighted by molar-refractivity contribution is -0.137. The Bertz CT molecular complexity index is 1410. The molecule has 4 rings (SSSR count). The second kappa shape index (κ2) is 14.6. The number of hydrogen-bond acceptors (Lipinski definition) is 6. The van der Waals surface area contributed by atoms with Gasteiger partial charge in [-0.25, -0.2) is 0 Å². The Labute approximate surface area is 251 Å². The van der Waals surface area contributed by atoms with E-state index in [0.717, 1.165) is 48.8 Å². The van der Waals surface area contributed by atoms with Gasteiger partial charge in [-0.3, -0.25) is 9.59 Å². The minimum Gasteiger partial charge on any atom is -0.397 e. The van der Waals surface area contributed by atoms with Gasteiger partial charge in [0.25, 0.3) is 0 Å². The highest BCUT2D eigenvalue weighted by Gasteiger charge is 2.33. The fourth-order valence-electron chi connectivity index (χ4n) is 4.35. The highest BCUT2D eigenvalue weighted by atomic mass is 35.5. The molecule has 1 atom stereocenters. The summed E-state index contributed by atoms with van der Waals surface area (Å²) in [6.07, 6.45) is -1.57. The van der Waals surface area contributed by atoms with Crippen molar-refractivity contribution in [2.24, 2.45) is 0 Å². The molecule has 1 fully saturated rings. The van der Waals surface area contributed by atoms with E-state index in [2.05, 4.69) is 20.9 Å². The van der Waals surface area contributed by atoms with E-state index in [1.54, 1.807) is 54.6 Å². The number of thioether (sulfide) groups is 1. The molecule has 0 saturated carbocycles. The van der Waals surface area contributed by atoms with E-state index in [1.807, 2.05) is 11.8 Å². The number of halogens is 4. The second-order valence-electron chi connectivity index (χ2n) is 9.60. The van der Waals surface area contributed by atoms with Gasteiger partial charge in [0.1, 0.15) is 6.04 Å². The molecule has 0 bridgehead atoms. The number of hydrogen-bond donors (Lipinski definition) is 4. The van der Waals surface area contributed by atoms with E-state index < -0.39 is 28.7 Å². The first-order chi connectivity index (χ1) is 20.1. The van der Waals surface area contributed by atoms with Gasteiger partial charge in [-0.15, -0.1) is 0 Å². The van der Waals surface area contributed by atoms with Crippen molar-refractivity contribution in [3.63, 3.8) is 0 Å². The first kappa shape index (κ1) is 31.4. The van der Waals surface area contributed by atoms with Crippen LogP contribution in [0.15, 0.2) is 72.8 Å². The number of carbonyl (C=O) groups excluding carboxylic acids is 2. The van der Waals surface area contributed by atoms with Crippen LogP contribution in [0.1, 0.15) is 22.7 Å². The van der Waals surface area contributed by atoms with Crippen molar-refractivity contribution < 1.29 is 22.8 Å². The number of anilines is 3. The zero-order valence-electron chi connectivity index (χ0n) is 22.6. The molecule has 2 amide bonds. The van der Waals surface area contributed by atoms with E-state index in [-0.39, 0.29) is 11.6 Å². The summed E-state index contributed by atoms with van der Waals surface area (Å²) in [4.78, 5) is 28.0. The summed E-state index contributed by atoms with van der Waals surface area (Å²) >= 11 is 7.76. The van der Waals surface area contributed by atoms with Crippen molar-refractivity contribution >= 4 is 58.3 Å². The van der Waals surface area contributed by atoms with Crippen LogP contribution in [0.25, 0.3) is 6.08 Å². The molecule has 0 aromatic heterocycles. The van der Waals surface area contributed by atoms with Crippen molar-refractivity contribution in [2.45, 2.75) is 12.2 Å². The van der Waals surface area contributed by atoms with Crippen molar-refractivity contribution in [3.05, 3.63) is 94.5 Å². The van der Waals surface area contributed by atoms with Crippen LogP contribution >= 0.6 is 23.4 Å². The summed E-state index contributed by atoms with van der Waals surface area (Å²) in [7, 11) is 0. The molecule has 3 aromatic carbocycles. The van der Waals surface area contributed by atoms with E-state index in [4.69, 9.17) is 17.3 Å². The number of alkyl halides is 3. The van der Waals surface area contributed by atoms with Gasteiger partial charge in [-0.2, -0.15) is 24.9 Å².